The SMILES string of the molecule is O=c1[nH]c(Br)c([N+](=O)[O-])cc1C(F)F. The molecule has 8 heteroatoms. The number of halogens is 3. The van der Waals surface area contributed by atoms with Crippen molar-refractivity contribution in [2.45, 2.75) is 6.43 Å². The lowest BCUT2D eigenvalue weighted by atomic mass is 10.3. The van der Waals surface area contributed by atoms with Crippen molar-refractivity contribution in [3.05, 3.63) is 36.7 Å². The van der Waals surface area contributed by atoms with Gasteiger partial charge in [0.2, 0.25) is 0 Å². The van der Waals surface area contributed by atoms with Gasteiger partial charge in [0.05, 0.1) is 10.5 Å². The first-order valence-electron chi connectivity index (χ1n) is 3.28. The van der Waals surface area contributed by atoms with E-state index in [-0.39, 0.29) is 4.60 Å². The van der Waals surface area contributed by atoms with E-state index in [4.69, 9.17) is 0 Å². The summed E-state index contributed by atoms with van der Waals surface area (Å²) in [5, 5.41) is 10.3. The van der Waals surface area contributed by atoms with E-state index < -0.39 is 28.2 Å². The van der Waals surface area contributed by atoms with Gasteiger partial charge in [0.1, 0.15) is 0 Å². The number of pyridine rings is 1. The van der Waals surface area contributed by atoms with E-state index in [1.807, 2.05) is 4.98 Å². The number of nitrogens with one attached hydrogen (secondary N) is 1. The van der Waals surface area contributed by atoms with Gasteiger partial charge in [-0.05, 0) is 15.9 Å². The molecule has 0 aliphatic rings. The third kappa shape index (κ3) is 1.95. The monoisotopic (exact) mass is 268 g/mol. The molecule has 0 aromatic carbocycles. The molecule has 0 bridgehead atoms. The van der Waals surface area contributed by atoms with E-state index in [1.165, 1.54) is 0 Å². The van der Waals surface area contributed by atoms with Gasteiger partial charge in [-0.2, -0.15) is 0 Å². The number of alkyl halides is 2. The Balaban J connectivity index is 3.42. The zero-order valence-corrected chi connectivity index (χ0v) is 8.05. The van der Waals surface area contributed by atoms with Gasteiger partial charge in [0.15, 0.2) is 4.60 Å². The van der Waals surface area contributed by atoms with E-state index >= 15 is 0 Å². The lowest BCUT2D eigenvalue weighted by Gasteiger charge is -1.99. The van der Waals surface area contributed by atoms with Gasteiger partial charge < -0.3 is 4.98 Å². The molecule has 14 heavy (non-hydrogen) atoms. The maximum Gasteiger partial charge on any atom is 0.300 e. The number of H-pyrrole nitrogens is 1. The molecule has 0 saturated carbocycles. The Kier molecular flexibility index (Phi) is 2.94. The summed E-state index contributed by atoms with van der Waals surface area (Å²) in [5.41, 5.74) is -2.56. The van der Waals surface area contributed by atoms with Gasteiger partial charge in [-0.25, -0.2) is 8.78 Å². The topological polar surface area (TPSA) is 76.0 Å². The molecule has 0 radical (unpaired) electrons. The van der Waals surface area contributed by atoms with Crippen molar-refractivity contribution in [2.75, 3.05) is 0 Å². The van der Waals surface area contributed by atoms with E-state index in [2.05, 4.69) is 15.9 Å². The molecule has 1 heterocycles. The van der Waals surface area contributed by atoms with Gasteiger partial charge in [-0.1, -0.05) is 0 Å². The lowest BCUT2D eigenvalue weighted by molar-refractivity contribution is -0.386. The Morgan fingerprint density at radius 3 is 2.57 bits per heavy atom. The molecule has 1 aromatic rings. The summed E-state index contributed by atoms with van der Waals surface area (Å²) < 4.78 is 24.1. The summed E-state index contributed by atoms with van der Waals surface area (Å²) >= 11 is 2.69. The lowest BCUT2D eigenvalue weighted by Crippen LogP contribution is -2.14. The minimum Gasteiger partial charge on any atom is -0.311 e. The fraction of sp³-hybridized carbons (Fsp3) is 0.167. The normalized spacial score (nSPS) is 10.6. The molecule has 0 aliphatic heterocycles. The van der Waals surface area contributed by atoms with E-state index in [0.29, 0.717) is 6.07 Å². The summed E-state index contributed by atoms with van der Waals surface area (Å²) in [7, 11) is 0. The predicted octanol–water partition coefficient (Wildman–Crippen LogP) is 1.98. The van der Waals surface area contributed by atoms with E-state index in [9.17, 15) is 23.7 Å². The Morgan fingerprint density at radius 1 is 1.57 bits per heavy atom. The van der Waals surface area contributed by atoms with E-state index in [1.54, 1.807) is 0 Å². The van der Waals surface area contributed by atoms with E-state index in [0.717, 1.165) is 0 Å². The van der Waals surface area contributed by atoms with Gasteiger partial charge in [-0.15, -0.1) is 0 Å². The van der Waals surface area contributed by atoms with Crippen molar-refractivity contribution in [1.82, 2.24) is 4.98 Å². The highest BCUT2D eigenvalue weighted by atomic mass is 79.9. The molecule has 1 aromatic heterocycles. The van der Waals surface area contributed by atoms with Crippen molar-refractivity contribution in [3.8, 4) is 0 Å². The fourth-order valence-corrected chi connectivity index (χ4v) is 1.25. The molecule has 0 unspecified atom stereocenters. The largest absolute Gasteiger partial charge is 0.311 e. The average molecular weight is 269 g/mol. The molecule has 1 rings (SSSR count). The highest BCUT2D eigenvalue weighted by molar-refractivity contribution is 9.10. The van der Waals surface area contributed by atoms with Gasteiger partial charge in [0, 0.05) is 6.07 Å². The predicted molar refractivity (Wildman–Crippen MR) is 46.4 cm³/mol. The quantitative estimate of drug-likeness (QED) is 0.506. The van der Waals surface area contributed by atoms with Crippen molar-refractivity contribution in [3.63, 3.8) is 0 Å². The maximum absolute atomic E-state index is 12.1. The first-order chi connectivity index (χ1) is 6.43. The standard InChI is InChI=1S/C6H3BrF2N2O3/c7-4-3(11(13)14)1-2(5(8)9)6(12)10-4/h1,5H,(H,10,12). The molecule has 0 atom stereocenters. The number of nitro groups is 1. The summed E-state index contributed by atoms with van der Waals surface area (Å²) in [5.74, 6) is 0. The van der Waals surface area contributed by atoms with Crippen LogP contribution >= 0.6 is 15.9 Å². The molecule has 0 spiro atoms. The third-order valence-electron chi connectivity index (χ3n) is 1.43. The Bertz CT molecular complexity index is 432. The number of nitrogens with zero attached hydrogens (tertiary/aromatic N) is 1. The minimum absolute atomic E-state index is 0.225. The van der Waals surface area contributed by atoms with Crippen molar-refractivity contribution >= 4 is 21.6 Å². The van der Waals surface area contributed by atoms with Crippen LogP contribution in [0.25, 0.3) is 0 Å². The summed E-state index contributed by atoms with van der Waals surface area (Å²) in [6.45, 7) is 0. The molecule has 76 valence electrons. The van der Waals surface area contributed by atoms with Crippen molar-refractivity contribution in [1.29, 1.82) is 0 Å². The number of rotatable bonds is 2. The van der Waals surface area contributed by atoms with Gasteiger partial charge in [-0.3, -0.25) is 14.9 Å². The van der Waals surface area contributed by atoms with Crippen LogP contribution in [0.15, 0.2) is 15.5 Å². The van der Waals surface area contributed by atoms with Crippen LogP contribution in [0.5, 0.6) is 0 Å². The van der Waals surface area contributed by atoms with Crippen LogP contribution in [0, 0.1) is 10.1 Å². The highest BCUT2D eigenvalue weighted by Gasteiger charge is 2.20. The summed E-state index contributed by atoms with van der Waals surface area (Å²) in [6, 6.07) is 0.549. The second kappa shape index (κ2) is 3.82. The molecular weight excluding hydrogens is 266 g/mol. The first-order valence-corrected chi connectivity index (χ1v) is 4.08. The summed E-state index contributed by atoms with van der Waals surface area (Å²) in [4.78, 5) is 22.2. The maximum atomic E-state index is 12.1. The van der Waals surface area contributed by atoms with Crippen LogP contribution in [0.4, 0.5) is 14.5 Å². The number of aromatic amines is 1. The zero-order chi connectivity index (χ0) is 10.9. The van der Waals surface area contributed by atoms with Crippen LogP contribution in [0.3, 0.4) is 0 Å². The van der Waals surface area contributed by atoms with Gasteiger partial charge >= 0.3 is 5.69 Å². The Morgan fingerprint density at radius 2 is 2.14 bits per heavy atom. The van der Waals surface area contributed by atoms with Crippen molar-refractivity contribution < 1.29 is 13.7 Å². The van der Waals surface area contributed by atoms with Crippen molar-refractivity contribution in [2.24, 2.45) is 0 Å². The molecule has 0 amide bonds. The number of aromatic nitrogens is 1. The van der Waals surface area contributed by atoms with Crippen LogP contribution in [0.1, 0.15) is 12.0 Å². The van der Waals surface area contributed by atoms with Crippen LogP contribution in [-0.4, -0.2) is 9.91 Å². The smallest absolute Gasteiger partial charge is 0.300 e. The second-order valence-electron chi connectivity index (χ2n) is 2.31. The number of hydrogen-bond acceptors (Lipinski definition) is 3. The molecule has 0 saturated heterocycles. The summed E-state index contributed by atoms with van der Waals surface area (Å²) in [6.07, 6.45) is -3.04. The highest BCUT2D eigenvalue weighted by Crippen LogP contribution is 2.25. The zero-order valence-electron chi connectivity index (χ0n) is 6.46. The fourth-order valence-electron chi connectivity index (χ4n) is 0.807. The molecular formula is C6H3BrF2N2O3. The second-order valence-corrected chi connectivity index (χ2v) is 3.10. The average Bonchev–Trinajstić information content (AvgIpc) is 2.02. The Labute approximate surface area is 84.0 Å². The van der Waals surface area contributed by atoms with Crippen LogP contribution < -0.4 is 5.56 Å². The Hall–Kier alpha value is -1.31. The number of hydrogen-bond donors (Lipinski definition) is 1. The van der Waals surface area contributed by atoms with Crippen LogP contribution in [-0.2, 0) is 0 Å². The molecule has 5 nitrogen and oxygen atoms in total. The van der Waals surface area contributed by atoms with Crippen LogP contribution in [0.2, 0.25) is 0 Å². The third-order valence-corrected chi connectivity index (χ3v) is 2.04. The van der Waals surface area contributed by atoms with Gasteiger partial charge in [0.25, 0.3) is 12.0 Å². The first kappa shape index (κ1) is 10.8. The molecule has 0 aliphatic carbocycles. The minimum atomic E-state index is -3.04. The molecule has 0 fully saturated rings. The molecule has 1 N–H and O–H groups in total.